The molecule has 0 radical (unpaired) electrons. The fraction of sp³-hybridized carbons (Fsp3) is 0.226. The van der Waals surface area contributed by atoms with Gasteiger partial charge in [0, 0.05) is 11.1 Å². The molecule has 1 aliphatic heterocycles. The minimum Gasteiger partial charge on any atom is -0.492 e. The van der Waals surface area contributed by atoms with Crippen molar-refractivity contribution < 1.29 is 17.9 Å². The molecule has 12 heteroatoms. The van der Waals surface area contributed by atoms with Gasteiger partial charge < -0.3 is 15.0 Å². The summed E-state index contributed by atoms with van der Waals surface area (Å²) in [5.41, 5.74) is 12.0. The Morgan fingerprint density at radius 1 is 1.02 bits per heavy atom. The summed E-state index contributed by atoms with van der Waals surface area (Å²) >= 11 is 0. The number of nitrogens with zero attached hydrogens (tertiary/aromatic N) is 2. The number of amides is 1. The van der Waals surface area contributed by atoms with Crippen LogP contribution in [0.25, 0.3) is 17.1 Å². The number of carbonyl (C=O) groups is 1. The molecule has 1 aliphatic rings. The number of anilines is 3. The Hall–Kier alpha value is -4.81. The molecule has 43 heavy (non-hydrogen) atoms. The molecule has 0 fully saturated rings. The standard InChI is InChI=1S/C31H35N7O4S/c1-19-12-13-21(30(39)34-23-15-22(31(2,3)4)16-24(28(23)42-5)36-43(6,40)41)14-27(19)38-18-26(35-37-38)25-17-32-29(33-25)20-10-8-7-9-11-20/h7-18,35-37H,1-6H3,(H,32,33)(H,34,39). The molecular formula is C31H35N7O4S. The summed E-state index contributed by atoms with van der Waals surface area (Å²) in [6, 6.07) is 18.7. The molecule has 0 unspecified atom stereocenters. The normalized spacial score (nSPS) is 13.3. The summed E-state index contributed by atoms with van der Waals surface area (Å²) in [6.45, 7) is 7.96. The number of sulfonamides is 1. The highest BCUT2D eigenvalue weighted by Gasteiger charge is 2.24. The van der Waals surface area contributed by atoms with E-state index in [0.717, 1.165) is 45.8 Å². The summed E-state index contributed by atoms with van der Waals surface area (Å²) in [6.07, 6.45) is 4.71. The second-order valence-electron chi connectivity index (χ2n) is 11.3. The monoisotopic (exact) mass is 601 g/mol. The van der Waals surface area contributed by atoms with Crippen LogP contribution in [0.4, 0.5) is 17.1 Å². The van der Waals surface area contributed by atoms with E-state index in [1.54, 1.807) is 35.5 Å². The molecule has 0 aliphatic carbocycles. The molecular weight excluding hydrogens is 566 g/mol. The van der Waals surface area contributed by atoms with Gasteiger partial charge in [0.2, 0.25) is 10.0 Å². The van der Waals surface area contributed by atoms with Crippen molar-refractivity contribution in [1.29, 1.82) is 0 Å². The molecule has 0 saturated carbocycles. The van der Waals surface area contributed by atoms with Crippen molar-refractivity contribution in [2.24, 2.45) is 0 Å². The third kappa shape index (κ3) is 6.65. The SMILES string of the molecule is COc1c(NC(=O)c2ccc(C)c(N3C=C(c4cnc(-c5ccccc5)[nH]4)NN3)c2)cc(C(C)(C)C)cc1NS(C)(=O)=O. The number of imidazole rings is 1. The van der Waals surface area contributed by atoms with E-state index in [9.17, 15) is 13.2 Å². The Labute approximate surface area is 251 Å². The van der Waals surface area contributed by atoms with Crippen molar-refractivity contribution in [2.75, 3.05) is 28.4 Å². The number of benzene rings is 3. The van der Waals surface area contributed by atoms with E-state index in [-0.39, 0.29) is 22.8 Å². The topological polar surface area (TPSA) is 140 Å². The van der Waals surface area contributed by atoms with Crippen molar-refractivity contribution >= 4 is 38.7 Å². The van der Waals surface area contributed by atoms with Crippen molar-refractivity contribution in [3.8, 4) is 17.1 Å². The molecule has 0 bridgehead atoms. The van der Waals surface area contributed by atoms with E-state index in [4.69, 9.17) is 4.74 Å². The van der Waals surface area contributed by atoms with Crippen LogP contribution >= 0.6 is 0 Å². The highest BCUT2D eigenvalue weighted by molar-refractivity contribution is 7.92. The number of aromatic nitrogens is 2. The number of rotatable bonds is 8. The molecule has 0 saturated heterocycles. The van der Waals surface area contributed by atoms with Crippen molar-refractivity contribution in [2.45, 2.75) is 33.1 Å². The van der Waals surface area contributed by atoms with Gasteiger partial charge in [0.25, 0.3) is 5.91 Å². The van der Waals surface area contributed by atoms with Crippen molar-refractivity contribution in [3.05, 3.63) is 95.4 Å². The number of nitrogens with one attached hydrogen (secondary N) is 5. The van der Waals surface area contributed by atoms with Crippen molar-refractivity contribution in [3.63, 3.8) is 0 Å². The summed E-state index contributed by atoms with van der Waals surface area (Å²) < 4.78 is 32.2. The van der Waals surface area contributed by atoms with Crippen LogP contribution in [0, 0.1) is 6.92 Å². The maximum Gasteiger partial charge on any atom is 0.255 e. The lowest BCUT2D eigenvalue weighted by atomic mass is 9.86. The lowest BCUT2D eigenvalue weighted by molar-refractivity contribution is 0.102. The first-order chi connectivity index (χ1) is 20.3. The smallest absolute Gasteiger partial charge is 0.255 e. The molecule has 224 valence electrons. The van der Waals surface area contributed by atoms with E-state index in [0.29, 0.717) is 11.3 Å². The van der Waals surface area contributed by atoms with Crippen LogP contribution in [0.1, 0.15) is 48.0 Å². The minimum absolute atomic E-state index is 0.214. The maximum absolute atomic E-state index is 13.6. The van der Waals surface area contributed by atoms with E-state index < -0.39 is 10.0 Å². The number of hydrogen-bond donors (Lipinski definition) is 5. The highest BCUT2D eigenvalue weighted by atomic mass is 32.2. The molecule has 5 rings (SSSR count). The van der Waals surface area contributed by atoms with Crippen LogP contribution < -0.4 is 30.7 Å². The van der Waals surface area contributed by atoms with Gasteiger partial charge in [-0.2, -0.15) is 0 Å². The lowest BCUT2D eigenvalue weighted by Crippen LogP contribution is -2.36. The first kappa shape index (κ1) is 29.7. The molecule has 3 aromatic carbocycles. The van der Waals surface area contributed by atoms with Gasteiger partial charge in [-0.05, 0) is 47.7 Å². The Morgan fingerprint density at radius 2 is 1.74 bits per heavy atom. The molecule has 0 atom stereocenters. The zero-order valence-corrected chi connectivity index (χ0v) is 25.7. The average Bonchev–Trinajstić information content (AvgIpc) is 3.63. The third-order valence-electron chi connectivity index (χ3n) is 6.92. The van der Waals surface area contributed by atoms with Gasteiger partial charge in [-0.3, -0.25) is 20.0 Å². The summed E-state index contributed by atoms with van der Waals surface area (Å²) in [4.78, 5) is 21.4. The van der Waals surface area contributed by atoms with E-state index in [2.05, 4.69) is 31.0 Å². The molecule has 1 aromatic heterocycles. The van der Waals surface area contributed by atoms with Crippen LogP contribution in [-0.4, -0.2) is 37.7 Å². The largest absolute Gasteiger partial charge is 0.492 e. The zero-order chi connectivity index (χ0) is 30.9. The maximum atomic E-state index is 13.6. The van der Waals surface area contributed by atoms with Crippen LogP contribution in [0.3, 0.4) is 0 Å². The summed E-state index contributed by atoms with van der Waals surface area (Å²) in [5, 5.41) is 4.72. The highest BCUT2D eigenvalue weighted by Crippen LogP contribution is 2.39. The average molecular weight is 602 g/mol. The minimum atomic E-state index is -3.60. The second-order valence-corrected chi connectivity index (χ2v) is 13.1. The molecule has 0 spiro atoms. The molecule has 4 aromatic rings. The van der Waals surface area contributed by atoms with Crippen LogP contribution in [0.2, 0.25) is 0 Å². The molecule has 5 N–H and O–H groups in total. The number of hydrogen-bond acceptors (Lipinski definition) is 8. The number of methoxy groups -OCH3 is 1. The van der Waals surface area contributed by atoms with E-state index in [1.165, 1.54) is 7.11 Å². The van der Waals surface area contributed by atoms with Gasteiger partial charge in [0.05, 0.1) is 54.2 Å². The Balaban J connectivity index is 1.42. The number of aromatic amines is 1. The number of hydrazine groups is 2. The summed E-state index contributed by atoms with van der Waals surface area (Å²) in [7, 11) is -2.17. The fourth-order valence-electron chi connectivity index (χ4n) is 4.64. The summed E-state index contributed by atoms with van der Waals surface area (Å²) in [5.74, 6) is 0.590. The molecule has 2 heterocycles. The first-order valence-corrected chi connectivity index (χ1v) is 15.5. The Kier molecular flexibility index (Phi) is 7.91. The quantitative estimate of drug-likeness (QED) is 0.187. The third-order valence-corrected chi connectivity index (χ3v) is 7.51. The van der Waals surface area contributed by atoms with Gasteiger partial charge >= 0.3 is 0 Å². The van der Waals surface area contributed by atoms with E-state index >= 15 is 0 Å². The van der Waals surface area contributed by atoms with Crippen LogP contribution in [0.5, 0.6) is 5.75 Å². The van der Waals surface area contributed by atoms with Gasteiger partial charge in [-0.25, -0.2) is 13.4 Å². The van der Waals surface area contributed by atoms with E-state index in [1.807, 2.05) is 70.3 Å². The van der Waals surface area contributed by atoms with Gasteiger partial charge in [0.15, 0.2) is 5.75 Å². The number of aryl methyl sites for hydroxylation is 1. The van der Waals surface area contributed by atoms with Gasteiger partial charge in [-0.15, -0.1) is 5.53 Å². The Bertz CT molecular complexity index is 1810. The Morgan fingerprint density at radius 3 is 2.42 bits per heavy atom. The van der Waals surface area contributed by atoms with Crippen LogP contribution in [-0.2, 0) is 15.4 Å². The van der Waals surface area contributed by atoms with Gasteiger partial charge in [-0.1, -0.05) is 57.2 Å². The number of H-pyrrole nitrogens is 1. The number of ether oxygens (including phenoxy) is 1. The van der Waals surface area contributed by atoms with Gasteiger partial charge in [0.1, 0.15) is 5.82 Å². The predicted octanol–water partition coefficient (Wildman–Crippen LogP) is 5.14. The molecule has 1 amide bonds. The number of carbonyl (C=O) groups excluding carboxylic acids is 1. The van der Waals surface area contributed by atoms with Crippen LogP contribution in [0.15, 0.2) is 73.1 Å². The first-order valence-electron chi connectivity index (χ1n) is 13.6. The predicted molar refractivity (Wildman–Crippen MR) is 170 cm³/mol. The van der Waals surface area contributed by atoms with Crippen molar-refractivity contribution in [1.82, 2.24) is 20.9 Å². The fourth-order valence-corrected chi connectivity index (χ4v) is 5.19. The zero-order valence-electron chi connectivity index (χ0n) is 24.9. The molecule has 11 nitrogen and oxygen atoms in total. The lowest BCUT2D eigenvalue weighted by Gasteiger charge is -2.24. The second kappa shape index (κ2) is 11.5.